The molecule has 1 saturated heterocycles. The SMILES string of the molecule is Cc1ccc(F)c([C@@H](CC(F)(F)F)N2CCNCC2)c1F.Cl.Cl. The molecule has 2 rings (SSSR count). The number of halogens is 7. The van der Waals surface area contributed by atoms with Crippen molar-refractivity contribution in [2.75, 3.05) is 26.2 Å². The lowest BCUT2D eigenvalue weighted by Crippen LogP contribution is -2.46. The van der Waals surface area contributed by atoms with E-state index in [1.54, 1.807) is 0 Å². The number of nitrogens with one attached hydrogen (secondary N) is 1. The standard InChI is InChI=1S/C14H17F5N2.2ClH/c1-9-2-3-10(15)12(13(9)16)11(8-14(17,18)19)21-6-4-20-5-7-21;;/h2-3,11,20H,4-8H2,1H3;2*1H/t11-;;/m1../s1. The molecule has 0 radical (unpaired) electrons. The summed E-state index contributed by atoms with van der Waals surface area (Å²) in [6.45, 7) is 3.08. The Balaban J connectivity index is 0.00000242. The van der Waals surface area contributed by atoms with E-state index in [0.29, 0.717) is 26.2 Å². The van der Waals surface area contributed by atoms with Crippen molar-refractivity contribution in [1.29, 1.82) is 0 Å². The average Bonchev–Trinajstić information content (AvgIpc) is 2.42. The highest BCUT2D eigenvalue weighted by atomic mass is 35.5. The van der Waals surface area contributed by atoms with Gasteiger partial charge in [0.05, 0.1) is 6.42 Å². The molecule has 0 aliphatic carbocycles. The zero-order chi connectivity index (χ0) is 15.6. The van der Waals surface area contributed by atoms with Crippen LogP contribution in [-0.2, 0) is 0 Å². The quantitative estimate of drug-likeness (QED) is 0.796. The van der Waals surface area contributed by atoms with Crippen LogP contribution < -0.4 is 5.32 Å². The Labute approximate surface area is 144 Å². The Bertz CT molecular complexity index is 505. The zero-order valence-electron chi connectivity index (χ0n) is 12.4. The minimum absolute atomic E-state index is 0. The van der Waals surface area contributed by atoms with Crippen LogP contribution >= 0.6 is 24.8 Å². The molecule has 1 N–H and O–H groups in total. The van der Waals surface area contributed by atoms with Crippen molar-refractivity contribution in [3.8, 4) is 0 Å². The van der Waals surface area contributed by atoms with E-state index in [2.05, 4.69) is 5.32 Å². The lowest BCUT2D eigenvalue weighted by Gasteiger charge is -2.36. The maximum Gasteiger partial charge on any atom is 0.390 e. The zero-order valence-corrected chi connectivity index (χ0v) is 14.1. The lowest BCUT2D eigenvalue weighted by atomic mass is 9.97. The maximum atomic E-state index is 14.2. The minimum Gasteiger partial charge on any atom is -0.314 e. The minimum atomic E-state index is -4.49. The van der Waals surface area contributed by atoms with E-state index < -0.39 is 35.8 Å². The second kappa shape index (κ2) is 9.01. The smallest absolute Gasteiger partial charge is 0.314 e. The van der Waals surface area contributed by atoms with Gasteiger partial charge in [0.15, 0.2) is 0 Å². The van der Waals surface area contributed by atoms with Gasteiger partial charge >= 0.3 is 6.18 Å². The van der Waals surface area contributed by atoms with E-state index >= 15 is 0 Å². The molecule has 1 fully saturated rings. The first kappa shape index (κ1) is 22.4. The average molecular weight is 381 g/mol. The Morgan fingerprint density at radius 2 is 1.70 bits per heavy atom. The molecular weight excluding hydrogens is 362 g/mol. The number of nitrogens with zero attached hydrogens (tertiary/aromatic N) is 1. The van der Waals surface area contributed by atoms with Crippen molar-refractivity contribution in [2.24, 2.45) is 0 Å². The van der Waals surface area contributed by atoms with Gasteiger partial charge in [0.25, 0.3) is 0 Å². The van der Waals surface area contributed by atoms with Gasteiger partial charge in [0.1, 0.15) is 11.6 Å². The van der Waals surface area contributed by atoms with Crippen LogP contribution in [0.1, 0.15) is 23.6 Å². The summed E-state index contributed by atoms with van der Waals surface area (Å²) in [5.41, 5.74) is -0.331. The molecule has 0 saturated carbocycles. The number of rotatable bonds is 3. The molecule has 1 aliphatic heterocycles. The molecule has 0 bridgehead atoms. The number of benzene rings is 1. The number of alkyl halides is 3. The van der Waals surface area contributed by atoms with E-state index in [1.165, 1.54) is 17.9 Å². The number of piperazine rings is 1. The van der Waals surface area contributed by atoms with Crippen LogP contribution in [0, 0.1) is 18.6 Å². The summed E-state index contributed by atoms with van der Waals surface area (Å²) in [5, 5.41) is 3.01. The fourth-order valence-electron chi connectivity index (χ4n) is 2.61. The largest absolute Gasteiger partial charge is 0.390 e. The summed E-state index contributed by atoms with van der Waals surface area (Å²) < 4.78 is 66.6. The summed E-state index contributed by atoms with van der Waals surface area (Å²) in [6.07, 6.45) is -5.75. The van der Waals surface area contributed by atoms with Crippen molar-refractivity contribution in [2.45, 2.75) is 25.6 Å². The first-order chi connectivity index (χ1) is 9.79. The molecular formula is C14H19Cl2F5N2. The molecule has 0 unspecified atom stereocenters. The third-order valence-corrected chi connectivity index (χ3v) is 3.67. The maximum absolute atomic E-state index is 14.2. The summed E-state index contributed by atoms with van der Waals surface area (Å²) in [4.78, 5) is 1.49. The summed E-state index contributed by atoms with van der Waals surface area (Å²) in [5.74, 6) is -1.81. The Kier molecular flexibility index (Phi) is 8.76. The molecule has 0 aromatic heterocycles. The Morgan fingerprint density at radius 1 is 1.13 bits per heavy atom. The van der Waals surface area contributed by atoms with Gasteiger partial charge in [0.2, 0.25) is 0 Å². The molecule has 1 aromatic carbocycles. The molecule has 1 aromatic rings. The predicted octanol–water partition coefficient (Wildman–Crippen LogP) is 4.02. The van der Waals surface area contributed by atoms with Crippen LogP contribution in [0.2, 0.25) is 0 Å². The third kappa shape index (κ3) is 5.74. The summed E-state index contributed by atoms with van der Waals surface area (Å²) in [6, 6.07) is 0.933. The van der Waals surface area contributed by atoms with Gasteiger partial charge in [-0.1, -0.05) is 6.07 Å². The number of hydrogen-bond acceptors (Lipinski definition) is 2. The molecule has 2 nitrogen and oxygen atoms in total. The molecule has 1 aliphatic rings. The van der Waals surface area contributed by atoms with Crippen LogP contribution in [-0.4, -0.2) is 37.3 Å². The molecule has 9 heteroatoms. The van der Waals surface area contributed by atoms with Crippen LogP contribution in [0.15, 0.2) is 12.1 Å². The monoisotopic (exact) mass is 380 g/mol. The molecule has 23 heavy (non-hydrogen) atoms. The highest BCUT2D eigenvalue weighted by Gasteiger charge is 2.38. The van der Waals surface area contributed by atoms with Crippen LogP contribution in [0.3, 0.4) is 0 Å². The fraction of sp³-hybridized carbons (Fsp3) is 0.571. The van der Waals surface area contributed by atoms with Crippen molar-refractivity contribution in [1.82, 2.24) is 10.2 Å². The van der Waals surface area contributed by atoms with Gasteiger partial charge in [0, 0.05) is 37.8 Å². The molecule has 1 atom stereocenters. The highest BCUT2D eigenvalue weighted by molar-refractivity contribution is 5.85. The fourth-order valence-corrected chi connectivity index (χ4v) is 2.61. The van der Waals surface area contributed by atoms with E-state index in [0.717, 1.165) is 6.07 Å². The van der Waals surface area contributed by atoms with Gasteiger partial charge < -0.3 is 5.32 Å². The van der Waals surface area contributed by atoms with Gasteiger partial charge in [-0.2, -0.15) is 13.2 Å². The van der Waals surface area contributed by atoms with E-state index in [1.807, 2.05) is 0 Å². The van der Waals surface area contributed by atoms with Crippen molar-refractivity contribution in [3.05, 3.63) is 34.9 Å². The lowest BCUT2D eigenvalue weighted by molar-refractivity contribution is -0.149. The predicted molar refractivity (Wildman–Crippen MR) is 83.4 cm³/mol. The normalized spacial score (nSPS) is 17.1. The first-order valence-electron chi connectivity index (χ1n) is 6.75. The van der Waals surface area contributed by atoms with Crippen LogP contribution in [0.25, 0.3) is 0 Å². The van der Waals surface area contributed by atoms with Crippen molar-refractivity contribution >= 4 is 24.8 Å². The summed E-state index contributed by atoms with van der Waals surface area (Å²) >= 11 is 0. The third-order valence-electron chi connectivity index (χ3n) is 3.67. The van der Waals surface area contributed by atoms with Crippen LogP contribution in [0.4, 0.5) is 22.0 Å². The molecule has 0 amide bonds. The van der Waals surface area contributed by atoms with Crippen LogP contribution in [0.5, 0.6) is 0 Å². The molecule has 1 heterocycles. The van der Waals surface area contributed by atoms with Gasteiger partial charge in [-0.3, -0.25) is 4.90 Å². The van der Waals surface area contributed by atoms with E-state index in [-0.39, 0.29) is 30.4 Å². The van der Waals surface area contributed by atoms with Crippen molar-refractivity contribution < 1.29 is 22.0 Å². The van der Waals surface area contributed by atoms with Gasteiger partial charge in [-0.25, -0.2) is 8.78 Å². The molecule has 134 valence electrons. The Morgan fingerprint density at radius 3 is 2.22 bits per heavy atom. The highest BCUT2D eigenvalue weighted by Crippen LogP contribution is 2.37. The second-order valence-corrected chi connectivity index (χ2v) is 5.21. The first-order valence-corrected chi connectivity index (χ1v) is 6.75. The van der Waals surface area contributed by atoms with E-state index in [4.69, 9.17) is 0 Å². The van der Waals surface area contributed by atoms with E-state index in [9.17, 15) is 22.0 Å². The number of aryl methyl sites for hydroxylation is 1. The summed E-state index contributed by atoms with van der Waals surface area (Å²) in [7, 11) is 0. The Hall–Kier alpha value is -0.630. The number of hydrogen-bond donors (Lipinski definition) is 1. The topological polar surface area (TPSA) is 15.3 Å². The van der Waals surface area contributed by atoms with Crippen molar-refractivity contribution in [3.63, 3.8) is 0 Å². The van der Waals surface area contributed by atoms with Gasteiger partial charge in [-0.05, 0) is 18.6 Å². The second-order valence-electron chi connectivity index (χ2n) is 5.21. The van der Waals surface area contributed by atoms with Gasteiger partial charge in [-0.15, -0.1) is 24.8 Å². The molecule has 0 spiro atoms.